The molecule has 2 rings (SSSR count). The summed E-state index contributed by atoms with van der Waals surface area (Å²) < 4.78 is 30.9. The number of benzene rings is 2. The fraction of sp³-hybridized carbons (Fsp3) is 0.235. The molecule has 1 amide bonds. The van der Waals surface area contributed by atoms with E-state index in [4.69, 9.17) is 0 Å². The summed E-state index contributed by atoms with van der Waals surface area (Å²) in [5, 5.41) is 5.75. The van der Waals surface area contributed by atoms with Crippen molar-refractivity contribution in [3.63, 3.8) is 0 Å². The number of hydrogen-bond acceptors (Lipinski definition) is 3. The van der Waals surface area contributed by atoms with Crippen LogP contribution in [0.2, 0.25) is 0 Å². The molecule has 0 aliphatic heterocycles. The Morgan fingerprint density at radius 3 is 2.30 bits per heavy atom. The quantitative estimate of drug-likeness (QED) is 0.875. The van der Waals surface area contributed by atoms with Crippen LogP contribution in [0.4, 0.5) is 19.3 Å². The molecule has 0 aromatic heterocycles. The van der Waals surface area contributed by atoms with E-state index in [2.05, 4.69) is 15.4 Å². The van der Waals surface area contributed by atoms with Gasteiger partial charge < -0.3 is 10.1 Å². The van der Waals surface area contributed by atoms with Crippen LogP contribution in [0.5, 0.6) is 0 Å². The first-order valence-electron chi connectivity index (χ1n) is 7.11. The Bertz CT molecular complexity index is 655. The third-order valence-corrected chi connectivity index (χ3v) is 3.38. The highest BCUT2D eigenvalue weighted by Crippen LogP contribution is 2.17. The van der Waals surface area contributed by atoms with Crippen molar-refractivity contribution in [1.29, 1.82) is 0 Å². The molecule has 0 aliphatic rings. The van der Waals surface area contributed by atoms with E-state index >= 15 is 0 Å². The van der Waals surface area contributed by atoms with Gasteiger partial charge in [0.15, 0.2) is 0 Å². The molecule has 2 aromatic rings. The van der Waals surface area contributed by atoms with Crippen molar-refractivity contribution >= 4 is 11.8 Å². The number of halogens is 2. The topological polar surface area (TPSA) is 50.4 Å². The minimum absolute atomic E-state index is 0.201. The van der Waals surface area contributed by atoms with Crippen molar-refractivity contribution < 1.29 is 18.3 Å². The Morgan fingerprint density at radius 1 is 1.13 bits per heavy atom. The maximum Gasteiger partial charge on any atom is 0.411 e. The molecule has 6 heteroatoms. The summed E-state index contributed by atoms with van der Waals surface area (Å²) in [7, 11) is 1.30. The van der Waals surface area contributed by atoms with E-state index in [-0.39, 0.29) is 6.04 Å². The monoisotopic (exact) mass is 320 g/mol. The van der Waals surface area contributed by atoms with Crippen LogP contribution in [0, 0.1) is 11.6 Å². The van der Waals surface area contributed by atoms with Gasteiger partial charge in [0, 0.05) is 24.3 Å². The van der Waals surface area contributed by atoms with Crippen molar-refractivity contribution in [3.05, 3.63) is 65.2 Å². The summed E-state index contributed by atoms with van der Waals surface area (Å²) in [5.74, 6) is -1.18. The molecule has 0 spiro atoms. The first-order valence-corrected chi connectivity index (χ1v) is 7.11. The molecule has 4 nitrogen and oxygen atoms in total. The molecule has 1 atom stereocenters. The zero-order valence-corrected chi connectivity index (χ0v) is 12.9. The van der Waals surface area contributed by atoms with E-state index < -0.39 is 17.7 Å². The second kappa shape index (κ2) is 7.69. The summed E-state index contributed by atoms with van der Waals surface area (Å²) in [6.45, 7) is 2.36. The number of amides is 1. The number of methoxy groups -OCH3 is 1. The first kappa shape index (κ1) is 16.9. The molecule has 0 aliphatic carbocycles. The number of anilines is 1. The number of hydrogen-bond donors (Lipinski definition) is 2. The number of nitrogens with one attached hydrogen (secondary N) is 2. The number of ether oxygens (including phenoxy) is 1. The predicted octanol–water partition coefficient (Wildman–Crippen LogP) is 3.99. The van der Waals surface area contributed by atoms with Crippen LogP contribution in [-0.2, 0) is 11.3 Å². The lowest BCUT2D eigenvalue weighted by molar-refractivity contribution is 0.187. The van der Waals surface area contributed by atoms with Crippen LogP contribution < -0.4 is 10.6 Å². The molecular formula is C17H18F2N2O2. The Kier molecular flexibility index (Phi) is 5.65. The van der Waals surface area contributed by atoms with Gasteiger partial charge in [-0.3, -0.25) is 5.32 Å². The fourth-order valence-corrected chi connectivity index (χ4v) is 2.09. The van der Waals surface area contributed by atoms with E-state index in [9.17, 15) is 13.6 Å². The van der Waals surface area contributed by atoms with Crippen molar-refractivity contribution in [2.24, 2.45) is 0 Å². The van der Waals surface area contributed by atoms with Crippen LogP contribution in [0.25, 0.3) is 0 Å². The lowest BCUT2D eigenvalue weighted by Crippen LogP contribution is -2.18. The number of rotatable bonds is 5. The Balaban J connectivity index is 1.93. The van der Waals surface area contributed by atoms with E-state index in [0.29, 0.717) is 17.8 Å². The smallest absolute Gasteiger partial charge is 0.411 e. The molecule has 0 saturated carbocycles. The third kappa shape index (κ3) is 5.03. The lowest BCUT2D eigenvalue weighted by Gasteiger charge is -2.15. The van der Waals surface area contributed by atoms with E-state index in [1.54, 1.807) is 12.1 Å². The molecule has 0 saturated heterocycles. The van der Waals surface area contributed by atoms with Crippen LogP contribution >= 0.6 is 0 Å². The SMILES string of the molecule is COC(=O)Nc1ccc(CN[C@@H](C)c2cc(F)cc(F)c2)cc1. The fourth-order valence-electron chi connectivity index (χ4n) is 2.09. The molecule has 0 unspecified atom stereocenters. The van der Waals surface area contributed by atoms with Gasteiger partial charge in [0.2, 0.25) is 0 Å². The Hall–Kier alpha value is -2.47. The highest BCUT2D eigenvalue weighted by atomic mass is 19.1. The summed E-state index contributed by atoms with van der Waals surface area (Å²) in [6, 6.07) is 10.5. The van der Waals surface area contributed by atoms with Crippen LogP contribution in [0.15, 0.2) is 42.5 Å². The number of carbonyl (C=O) groups is 1. The van der Waals surface area contributed by atoms with Gasteiger partial charge in [-0.15, -0.1) is 0 Å². The van der Waals surface area contributed by atoms with Gasteiger partial charge in [-0.2, -0.15) is 0 Å². The van der Waals surface area contributed by atoms with Crippen molar-refractivity contribution in [2.75, 3.05) is 12.4 Å². The molecule has 0 bridgehead atoms. The van der Waals surface area contributed by atoms with E-state index in [1.165, 1.54) is 19.2 Å². The van der Waals surface area contributed by atoms with Gasteiger partial charge in [-0.25, -0.2) is 13.6 Å². The molecule has 2 N–H and O–H groups in total. The molecule has 0 radical (unpaired) electrons. The van der Waals surface area contributed by atoms with Crippen molar-refractivity contribution in [2.45, 2.75) is 19.5 Å². The maximum absolute atomic E-state index is 13.2. The minimum Gasteiger partial charge on any atom is -0.453 e. The Morgan fingerprint density at radius 2 is 1.74 bits per heavy atom. The summed E-state index contributed by atoms with van der Waals surface area (Å²) in [5.41, 5.74) is 2.15. The standard InChI is InChI=1S/C17H18F2N2O2/c1-11(13-7-14(18)9-15(19)8-13)20-10-12-3-5-16(6-4-12)21-17(22)23-2/h3-9,11,20H,10H2,1-2H3,(H,21,22)/t11-/m0/s1. The van der Waals surface area contributed by atoms with Crippen LogP contribution in [0.3, 0.4) is 0 Å². The van der Waals surface area contributed by atoms with Gasteiger partial charge in [-0.1, -0.05) is 12.1 Å². The van der Waals surface area contributed by atoms with E-state index in [1.807, 2.05) is 19.1 Å². The summed E-state index contributed by atoms with van der Waals surface area (Å²) in [4.78, 5) is 11.1. The average molecular weight is 320 g/mol. The van der Waals surface area contributed by atoms with Crippen LogP contribution in [-0.4, -0.2) is 13.2 Å². The van der Waals surface area contributed by atoms with Crippen molar-refractivity contribution in [3.8, 4) is 0 Å². The summed E-state index contributed by atoms with van der Waals surface area (Å²) in [6.07, 6.45) is -0.530. The van der Waals surface area contributed by atoms with Gasteiger partial charge >= 0.3 is 6.09 Å². The zero-order valence-electron chi connectivity index (χ0n) is 12.9. The van der Waals surface area contributed by atoms with Gasteiger partial charge in [-0.05, 0) is 42.3 Å². The molecule has 0 fully saturated rings. The second-order valence-electron chi connectivity index (χ2n) is 5.12. The highest BCUT2D eigenvalue weighted by Gasteiger charge is 2.08. The second-order valence-corrected chi connectivity index (χ2v) is 5.12. The molecule has 122 valence electrons. The zero-order chi connectivity index (χ0) is 16.8. The Labute approximate surface area is 133 Å². The largest absolute Gasteiger partial charge is 0.453 e. The number of carbonyl (C=O) groups excluding carboxylic acids is 1. The van der Waals surface area contributed by atoms with Gasteiger partial charge in [0.05, 0.1) is 7.11 Å². The van der Waals surface area contributed by atoms with Crippen LogP contribution in [0.1, 0.15) is 24.1 Å². The minimum atomic E-state index is -0.591. The molecule has 23 heavy (non-hydrogen) atoms. The molecular weight excluding hydrogens is 302 g/mol. The molecule has 0 heterocycles. The van der Waals surface area contributed by atoms with Crippen molar-refractivity contribution in [1.82, 2.24) is 5.32 Å². The first-order chi connectivity index (χ1) is 11.0. The summed E-state index contributed by atoms with van der Waals surface area (Å²) >= 11 is 0. The highest BCUT2D eigenvalue weighted by molar-refractivity contribution is 5.84. The lowest BCUT2D eigenvalue weighted by atomic mass is 10.1. The average Bonchev–Trinajstić information content (AvgIpc) is 2.52. The predicted molar refractivity (Wildman–Crippen MR) is 84.1 cm³/mol. The third-order valence-electron chi connectivity index (χ3n) is 3.38. The normalized spacial score (nSPS) is 11.8. The van der Waals surface area contributed by atoms with Gasteiger partial charge in [0.25, 0.3) is 0 Å². The molecule has 2 aromatic carbocycles. The van der Waals surface area contributed by atoms with Gasteiger partial charge in [0.1, 0.15) is 11.6 Å². The van der Waals surface area contributed by atoms with E-state index in [0.717, 1.165) is 11.6 Å². The maximum atomic E-state index is 13.2.